The molecule has 180 valence electrons. The molecule has 34 heavy (non-hydrogen) atoms. The molecule has 0 aliphatic carbocycles. The van der Waals surface area contributed by atoms with E-state index in [-0.39, 0.29) is 17.9 Å². The lowest BCUT2D eigenvalue weighted by Crippen LogP contribution is -2.44. The number of hydrogen-bond acceptors (Lipinski definition) is 6. The molecule has 0 saturated carbocycles. The fourth-order valence-electron chi connectivity index (χ4n) is 4.22. The molecule has 1 aromatic heterocycles. The lowest BCUT2D eigenvalue weighted by Gasteiger charge is -2.30. The number of ether oxygens (including phenoxy) is 1. The van der Waals surface area contributed by atoms with Crippen LogP contribution in [0.5, 0.6) is 5.75 Å². The molecular formula is C27H34N4O3. The zero-order chi connectivity index (χ0) is 24.1. The number of amides is 1. The minimum atomic E-state index is -0.0506. The summed E-state index contributed by atoms with van der Waals surface area (Å²) in [6.07, 6.45) is 1.63. The molecular weight excluding hydrogens is 428 g/mol. The smallest absolute Gasteiger partial charge is 0.241 e. The Morgan fingerprint density at radius 2 is 1.88 bits per heavy atom. The van der Waals surface area contributed by atoms with E-state index >= 15 is 0 Å². The zero-order valence-corrected chi connectivity index (χ0v) is 20.5. The van der Waals surface area contributed by atoms with Crippen molar-refractivity contribution in [3.8, 4) is 17.1 Å². The van der Waals surface area contributed by atoms with Crippen molar-refractivity contribution in [1.82, 2.24) is 20.4 Å². The normalized spacial score (nSPS) is 15.8. The minimum absolute atomic E-state index is 0.0190. The van der Waals surface area contributed by atoms with Gasteiger partial charge in [0, 0.05) is 11.5 Å². The molecule has 2 aromatic carbocycles. The van der Waals surface area contributed by atoms with Gasteiger partial charge in [-0.3, -0.25) is 9.69 Å². The van der Waals surface area contributed by atoms with Crippen LogP contribution in [0.2, 0.25) is 0 Å². The van der Waals surface area contributed by atoms with Crippen molar-refractivity contribution < 1.29 is 14.1 Å². The summed E-state index contributed by atoms with van der Waals surface area (Å²) in [6, 6.07) is 14.0. The van der Waals surface area contributed by atoms with Crippen LogP contribution < -0.4 is 10.1 Å². The molecule has 1 saturated heterocycles. The zero-order valence-electron chi connectivity index (χ0n) is 20.5. The van der Waals surface area contributed by atoms with Gasteiger partial charge >= 0.3 is 0 Å². The van der Waals surface area contributed by atoms with Gasteiger partial charge in [-0.1, -0.05) is 35.5 Å². The molecule has 0 radical (unpaired) electrons. The molecule has 1 fully saturated rings. The number of aryl methyl sites for hydroxylation is 3. The van der Waals surface area contributed by atoms with Gasteiger partial charge in [0.1, 0.15) is 12.4 Å². The van der Waals surface area contributed by atoms with E-state index in [0.717, 1.165) is 42.8 Å². The Hall–Kier alpha value is -3.19. The van der Waals surface area contributed by atoms with E-state index in [9.17, 15) is 4.79 Å². The predicted octanol–water partition coefficient (Wildman–Crippen LogP) is 4.46. The first-order chi connectivity index (χ1) is 16.4. The average molecular weight is 463 g/mol. The van der Waals surface area contributed by atoms with Crippen LogP contribution >= 0.6 is 0 Å². The Morgan fingerprint density at radius 1 is 1.12 bits per heavy atom. The Morgan fingerprint density at radius 3 is 2.62 bits per heavy atom. The van der Waals surface area contributed by atoms with Gasteiger partial charge in [0.2, 0.25) is 17.6 Å². The highest BCUT2D eigenvalue weighted by atomic mass is 16.5. The van der Waals surface area contributed by atoms with Gasteiger partial charge in [0.15, 0.2) is 0 Å². The highest BCUT2D eigenvalue weighted by Gasteiger charge is 2.27. The summed E-state index contributed by atoms with van der Waals surface area (Å²) < 4.78 is 11.4. The maximum absolute atomic E-state index is 12.7. The number of rotatable bonds is 8. The molecule has 2 heterocycles. The number of benzene rings is 2. The molecule has 7 nitrogen and oxygen atoms in total. The molecule has 4 rings (SSSR count). The Bertz CT molecular complexity index is 1120. The van der Waals surface area contributed by atoms with E-state index in [4.69, 9.17) is 9.26 Å². The number of carbonyl (C=O) groups is 1. The molecule has 1 aliphatic rings. The van der Waals surface area contributed by atoms with Crippen molar-refractivity contribution in [2.24, 2.45) is 5.92 Å². The molecule has 7 heteroatoms. The summed E-state index contributed by atoms with van der Waals surface area (Å²) in [6.45, 7) is 10.9. The van der Waals surface area contributed by atoms with Crippen LogP contribution in [0.25, 0.3) is 11.4 Å². The van der Waals surface area contributed by atoms with Crippen LogP contribution in [0.3, 0.4) is 0 Å². The molecule has 1 unspecified atom stereocenters. The molecule has 3 aromatic rings. The van der Waals surface area contributed by atoms with Gasteiger partial charge in [0.25, 0.3) is 0 Å². The second-order valence-corrected chi connectivity index (χ2v) is 9.34. The van der Waals surface area contributed by atoms with Gasteiger partial charge in [-0.2, -0.15) is 4.98 Å². The van der Waals surface area contributed by atoms with Crippen LogP contribution in [-0.2, 0) is 11.3 Å². The number of carbonyl (C=O) groups excluding carboxylic acids is 1. The fourth-order valence-corrected chi connectivity index (χ4v) is 4.22. The lowest BCUT2D eigenvalue weighted by molar-refractivity contribution is -0.127. The highest BCUT2D eigenvalue weighted by molar-refractivity contribution is 5.79. The van der Waals surface area contributed by atoms with Gasteiger partial charge in [-0.15, -0.1) is 0 Å². The maximum atomic E-state index is 12.7. The van der Waals surface area contributed by atoms with Gasteiger partial charge in [-0.25, -0.2) is 0 Å². The number of aromatic nitrogens is 2. The SMILES string of the molecule is Cc1ccc(OCC(C)NC(=O)C2CCN(Cc3nc(-c4ccccc4C)no3)CC2)cc1C. The van der Waals surface area contributed by atoms with Crippen LogP contribution in [-0.4, -0.2) is 46.7 Å². The van der Waals surface area contributed by atoms with Gasteiger partial charge < -0.3 is 14.6 Å². The van der Waals surface area contributed by atoms with Gasteiger partial charge in [0.05, 0.1) is 12.6 Å². The van der Waals surface area contributed by atoms with Crippen LogP contribution in [0.1, 0.15) is 42.3 Å². The Balaban J connectivity index is 1.21. The van der Waals surface area contributed by atoms with Crippen molar-refractivity contribution in [1.29, 1.82) is 0 Å². The first kappa shape index (κ1) is 24.0. The van der Waals surface area contributed by atoms with Crippen LogP contribution in [0, 0.1) is 26.7 Å². The van der Waals surface area contributed by atoms with Crippen molar-refractivity contribution >= 4 is 5.91 Å². The summed E-state index contributed by atoms with van der Waals surface area (Å²) in [5.41, 5.74) is 4.55. The minimum Gasteiger partial charge on any atom is -0.491 e. The highest BCUT2D eigenvalue weighted by Crippen LogP contribution is 2.22. The van der Waals surface area contributed by atoms with E-state index in [1.165, 1.54) is 11.1 Å². The van der Waals surface area contributed by atoms with Crippen molar-refractivity contribution in [2.75, 3.05) is 19.7 Å². The first-order valence-corrected chi connectivity index (χ1v) is 12.0. The lowest BCUT2D eigenvalue weighted by atomic mass is 9.95. The fraction of sp³-hybridized carbons (Fsp3) is 0.444. The molecule has 1 N–H and O–H groups in total. The monoisotopic (exact) mass is 462 g/mol. The summed E-state index contributed by atoms with van der Waals surface area (Å²) in [7, 11) is 0. The standard InChI is InChI=1S/C27H34N4O3/c1-18-9-10-23(15-20(18)3)33-17-21(4)28-27(32)22-11-13-31(14-12-22)16-25-29-26(30-34-25)24-8-6-5-7-19(24)2/h5-10,15,21-22H,11-14,16-17H2,1-4H3,(H,28,32). The molecule has 0 spiro atoms. The van der Waals surface area contributed by atoms with E-state index in [2.05, 4.69) is 40.3 Å². The van der Waals surface area contributed by atoms with Crippen LogP contribution in [0.15, 0.2) is 47.0 Å². The quantitative estimate of drug-likeness (QED) is 0.532. The molecule has 1 atom stereocenters. The second kappa shape index (κ2) is 10.8. The predicted molar refractivity (Wildman–Crippen MR) is 131 cm³/mol. The summed E-state index contributed by atoms with van der Waals surface area (Å²) in [5.74, 6) is 2.20. The van der Waals surface area contributed by atoms with E-state index in [0.29, 0.717) is 24.9 Å². The first-order valence-electron chi connectivity index (χ1n) is 12.0. The number of nitrogens with zero attached hydrogens (tertiary/aromatic N) is 3. The van der Waals surface area contributed by atoms with Crippen LogP contribution in [0.4, 0.5) is 0 Å². The number of hydrogen-bond donors (Lipinski definition) is 1. The largest absolute Gasteiger partial charge is 0.491 e. The molecule has 0 bridgehead atoms. The Labute approximate surface area is 201 Å². The van der Waals surface area contributed by atoms with E-state index in [1.807, 2.05) is 50.2 Å². The molecule has 1 aliphatic heterocycles. The Kier molecular flexibility index (Phi) is 7.63. The number of nitrogens with one attached hydrogen (secondary N) is 1. The summed E-state index contributed by atoms with van der Waals surface area (Å²) in [4.78, 5) is 19.6. The topological polar surface area (TPSA) is 80.5 Å². The van der Waals surface area contributed by atoms with Crippen molar-refractivity contribution in [3.63, 3.8) is 0 Å². The third-order valence-corrected chi connectivity index (χ3v) is 6.54. The van der Waals surface area contributed by atoms with Crippen molar-refractivity contribution in [3.05, 3.63) is 65.0 Å². The summed E-state index contributed by atoms with van der Waals surface area (Å²) in [5, 5.41) is 7.26. The third-order valence-electron chi connectivity index (χ3n) is 6.54. The number of piperidine rings is 1. The maximum Gasteiger partial charge on any atom is 0.241 e. The van der Waals surface area contributed by atoms with Crippen molar-refractivity contribution in [2.45, 2.75) is 53.1 Å². The second-order valence-electron chi connectivity index (χ2n) is 9.34. The summed E-state index contributed by atoms with van der Waals surface area (Å²) >= 11 is 0. The number of likely N-dealkylation sites (tertiary alicyclic amines) is 1. The molecule has 1 amide bonds. The van der Waals surface area contributed by atoms with E-state index < -0.39 is 0 Å². The van der Waals surface area contributed by atoms with E-state index in [1.54, 1.807) is 0 Å². The third kappa shape index (κ3) is 6.03. The van der Waals surface area contributed by atoms with Gasteiger partial charge in [-0.05, 0) is 82.4 Å². The average Bonchev–Trinajstić information content (AvgIpc) is 3.28.